The van der Waals surface area contributed by atoms with Crippen molar-refractivity contribution in [3.05, 3.63) is 70.8 Å². The molecule has 0 aliphatic carbocycles. The Hall–Kier alpha value is -3.21. The molecule has 2 aromatic rings. The van der Waals surface area contributed by atoms with Gasteiger partial charge in [-0.3, -0.25) is 0 Å². The third kappa shape index (κ3) is 6.69. The molecule has 0 radical (unpaired) electrons. The molecule has 0 atom stereocenters. The third-order valence-electron chi connectivity index (χ3n) is 4.41. The van der Waals surface area contributed by atoms with Crippen molar-refractivity contribution >= 4 is 12.0 Å². The highest BCUT2D eigenvalue weighted by atomic mass is 16.5. The zero-order chi connectivity index (χ0) is 21.9. The van der Waals surface area contributed by atoms with E-state index < -0.39 is 0 Å². The molecule has 30 heavy (non-hydrogen) atoms. The van der Waals surface area contributed by atoms with E-state index in [-0.39, 0.29) is 5.97 Å². The van der Waals surface area contributed by atoms with Crippen molar-refractivity contribution in [1.29, 1.82) is 0 Å². The third-order valence-corrected chi connectivity index (χ3v) is 4.41. The van der Waals surface area contributed by atoms with Crippen LogP contribution in [0, 0.1) is 0 Å². The number of rotatable bonds is 10. The lowest BCUT2D eigenvalue weighted by Crippen LogP contribution is -2.03. The normalized spacial score (nSPS) is 10.6. The minimum atomic E-state index is -0.389. The first kappa shape index (κ1) is 23.1. The van der Waals surface area contributed by atoms with Gasteiger partial charge < -0.3 is 18.9 Å². The van der Waals surface area contributed by atoms with Crippen LogP contribution in [0.5, 0.6) is 17.2 Å². The van der Waals surface area contributed by atoms with Gasteiger partial charge in [-0.15, -0.1) is 0 Å². The Balaban J connectivity index is 2.40. The van der Waals surface area contributed by atoms with Crippen LogP contribution in [0.4, 0.5) is 0 Å². The molecule has 0 heterocycles. The second kappa shape index (κ2) is 11.7. The van der Waals surface area contributed by atoms with Crippen LogP contribution in [0.3, 0.4) is 0 Å². The van der Waals surface area contributed by atoms with Crippen LogP contribution >= 0.6 is 0 Å². The van der Waals surface area contributed by atoms with E-state index >= 15 is 0 Å². The van der Waals surface area contributed by atoms with Gasteiger partial charge in [0.1, 0.15) is 23.9 Å². The summed E-state index contributed by atoms with van der Waals surface area (Å²) in [5.74, 6) is 1.83. The summed E-state index contributed by atoms with van der Waals surface area (Å²) in [5, 5.41) is 0. The van der Waals surface area contributed by atoms with Crippen molar-refractivity contribution in [2.75, 3.05) is 20.8 Å². The Morgan fingerprint density at radius 1 is 1.00 bits per heavy atom. The molecule has 0 aliphatic rings. The van der Waals surface area contributed by atoms with E-state index in [1.807, 2.05) is 36.4 Å². The molecule has 0 saturated heterocycles. The van der Waals surface area contributed by atoms with Crippen LogP contribution in [0.15, 0.2) is 54.1 Å². The monoisotopic (exact) mass is 410 g/mol. The maximum atomic E-state index is 11.8. The Morgan fingerprint density at radius 2 is 1.73 bits per heavy atom. The largest absolute Gasteiger partial charge is 0.497 e. The predicted octanol–water partition coefficient (Wildman–Crippen LogP) is 5.37. The summed E-state index contributed by atoms with van der Waals surface area (Å²) in [6.45, 7) is 6.58. The van der Waals surface area contributed by atoms with E-state index in [1.165, 1.54) is 11.6 Å². The molecule has 5 nitrogen and oxygen atoms in total. The summed E-state index contributed by atoms with van der Waals surface area (Å²) in [5.41, 5.74) is 3.92. The number of ether oxygens (including phenoxy) is 4. The van der Waals surface area contributed by atoms with Gasteiger partial charge in [0.05, 0.1) is 20.8 Å². The average Bonchev–Trinajstić information content (AvgIpc) is 2.75. The first-order valence-corrected chi connectivity index (χ1v) is 9.92. The van der Waals surface area contributed by atoms with Gasteiger partial charge in [-0.1, -0.05) is 23.8 Å². The van der Waals surface area contributed by atoms with Crippen molar-refractivity contribution in [3.63, 3.8) is 0 Å². The Labute approximate surface area is 178 Å². The molecule has 0 spiro atoms. The lowest BCUT2D eigenvalue weighted by Gasteiger charge is -2.17. The Bertz CT molecular complexity index is 891. The second-order valence-corrected chi connectivity index (χ2v) is 6.87. The zero-order valence-electron chi connectivity index (χ0n) is 18.4. The van der Waals surface area contributed by atoms with Gasteiger partial charge in [-0.05, 0) is 63.1 Å². The zero-order valence-corrected chi connectivity index (χ0v) is 18.4. The van der Waals surface area contributed by atoms with E-state index in [0.717, 1.165) is 28.2 Å². The molecule has 0 bridgehead atoms. The quantitative estimate of drug-likeness (QED) is 0.299. The van der Waals surface area contributed by atoms with Crippen molar-refractivity contribution in [3.8, 4) is 17.2 Å². The SMILES string of the molecule is CCOC(=O)/C=C/c1ccc(OC)c(CC=C(C)C)c1OCc1ccc(OC)cc1. The molecule has 0 saturated carbocycles. The summed E-state index contributed by atoms with van der Waals surface area (Å²) in [4.78, 5) is 11.8. The topological polar surface area (TPSA) is 54.0 Å². The molecule has 0 aromatic heterocycles. The predicted molar refractivity (Wildman–Crippen MR) is 119 cm³/mol. The molecular formula is C25H30O5. The van der Waals surface area contributed by atoms with Gasteiger partial charge in [0, 0.05) is 17.2 Å². The van der Waals surface area contributed by atoms with E-state index in [1.54, 1.807) is 27.2 Å². The lowest BCUT2D eigenvalue weighted by molar-refractivity contribution is -0.137. The minimum absolute atomic E-state index is 0.332. The lowest BCUT2D eigenvalue weighted by atomic mass is 10.0. The van der Waals surface area contributed by atoms with Crippen LogP contribution in [-0.2, 0) is 22.6 Å². The highest BCUT2D eigenvalue weighted by Crippen LogP contribution is 2.35. The van der Waals surface area contributed by atoms with Crippen LogP contribution < -0.4 is 14.2 Å². The van der Waals surface area contributed by atoms with Crippen LogP contribution in [0.2, 0.25) is 0 Å². The number of methoxy groups -OCH3 is 2. The summed E-state index contributed by atoms with van der Waals surface area (Å²) in [6.07, 6.45) is 5.91. The molecule has 0 unspecified atom stereocenters. The number of hydrogen-bond donors (Lipinski definition) is 0. The first-order valence-electron chi connectivity index (χ1n) is 9.92. The molecule has 0 N–H and O–H groups in total. The summed E-state index contributed by atoms with van der Waals surface area (Å²) in [7, 11) is 3.28. The molecule has 0 fully saturated rings. The number of hydrogen-bond acceptors (Lipinski definition) is 5. The molecule has 2 aromatic carbocycles. The van der Waals surface area contributed by atoms with Gasteiger partial charge in [-0.25, -0.2) is 4.79 Å². The molecule has 5 heteroatoms. The number of allylic oxidation sites excluding steroid dienone is 2. The number of carbonyl (C=O) groups is 1. The van der Waals surface area contributed by atoms with Crippen molar-refractivity contribution in [1.82, 2.24) is 0 Å². The Kier molecular flexibility index (Phi) is 9.01. The van der Waals surface area contributed by atoms with Crippen LogP contribution in [0.25, 0.3) is 6.08 Å². The fourth-order valence-corrected chi connectivity index (χ4v) is 2.85. The van der Waals surface area contributed by atoms with Crippen molar-refractivity contribution in [2.24, 2.45) is 0 Å². The van der Waals surface area contributed by atoms with Crippen LogP contribution in [-0.4, -0.2) is 26.8 Å². The molecule has 0 amide bonds. The van der Waals surface area contributed by atoms with Gasteiger partial charge in [0.25, 0.3) is 0 Å². The van der Waals surface area contributed by atoms with Crippen LogP contribution in [0.1, 0.15) is 37.5 Å². The first-order chi connectivity index (χ1) is 14.5. The molecule has 0 aliphatic heterocycles. The average molecular weight is 411 g/mol. The van der Waals surface area contributed by atoms with Gasteiger partial charge in [0.2, 0.25) is 0 Å². The summed E-state index contributed by atoms with van der Waals surface area (Å²) < 4.78 is 22.0. The van der Waals surface area contributed by atoms with Gasteiger partial charge in [-0.2, -0.15) is 0 Å². The Morgan fingerprint density at radius 3 is 2.33 bits per heavy atom. The van der Waals surface area contributed by atoms with Crippen molar-refractivity contribution in [2.45, 2.75) is 33.8 Å². The van der Waals surface area contributed by atoms with Gasteiger partial charge in [0.15, 0.2) is 0 Å². The fourth-order valence-electron chi connectivity index (χ4n) is 2.85. The maximum absolute atomic E-state index is 11.8. The number of benzene rings is 2. The summed E-state index contributed by atoms with van der Waals surface area (Å²) in [6, 6.07) is 11.5. The maximum Gasteiger partial charge on any atom is 0.330 e. The second-order valence-electron chi connectivity index (χ2n) is 6.87. The van der Waals surface area contributed by atoms with E-state index in [0.29, 0.717) is 25.4 Å². The van der Waals surface area contributed by atoms with E-state index in [2.05, 4.69) is 19.9 Å². The van der Waals surface area contributed by atoms with Gasteiger partial charge >= 0.3 is 5.97 Å². The minimum Gasteiger partial charge on any atom is -0.497 e. The van der Waals surface area contributed by atoms with E-state index in [9.17, 15) is 4.79 Å². The highest BCUT2D eigenvalue weighted by molar-refractivity contribution is 5.87. The molecule has 2 rings (SSSR count). The number of esters is 1. The smallest absolute Gasteiger partial charge is 0.330 e. The molecular weight excluding hydrogens is 380 g/mol. The fraction of sp³-hybridized carbons (Fsp3) is 0.320. The standard InChI is InChI=1S/C25H30O5/c1-6-29-24(26)16-11-20-10-15-23(28-5)22(14-7-18(2)3)25(20)30-17-19-8-12-21(27-4)13-9-19/h7-13,15-16H,6,14,17H2,1-5H3/b16-11+. The number of carbonyl (C=O) groups excluding carboxylic acids is 1. The molecule has 160 valence electrons. The summed E-state index contributed by atoms with van der Waals surface area (Å²) >= 11 is 0. The highest BCUT2D eigenvalue weighted by Gasteiger charge is 2.14. The van der Waals surface area contributed by atoms with Crippen molar-refractivity contribution < 1.29 is 23.7 Å². The van der Waals surface area contributed by atoms with E-state index in [4.69, 9.17) is 18.9 Å².